The Morgan fingerprint density at radius 1 is 1.50 bits per heavy atom. The minimum Gasteiger partial charge on any atom is -0.374 e. The molecule has 0 aliphatic carbocycles. The van der Waals surface area contributed by atoms with Crippen LogP contribution in [0.5, 0.6) is 0 Å². The molecule has 0 amide bonds. The van der Waals surface area contributed by atoms with Crippen molar-refractivity contribution in [2.24, 2.45) is 5.73 Å². The molecule has 1 unspecified atom stereocenters. The third-order valence-electron chi connectivity index (χ3n) is 3.03. The fraction of sp³-hybridized carbons (Fsp3) is 0.455. The molecule has 1 fully saturated rings. The maximum atomic E-state index is 12.4. The van der Waals surface area contributed by atoms with Crippen molar-refractivity contribution in [1.29, 1.82) is 0 Å². The van der Waals surface area contributed by atoms with Crippen LogP contribution in [0.3, 0.4) is 0 Å². The number of hydrogen-bond donors (Lipinski definition) is 1. The van der Waals surface area contributed by atoms with E-state index in [-0.39, 0.29) is 42.9 Å². The number of benzene rings is 1. The average Bonchev–Trinajstić information content (AvgIpc) is 2.47. The van der Waals surface area contributed by atoms with Crippen LogP contribution < -0.4 is 5.73 Å². The fourth-order valence-corrected chi connectivity index (χ4v) is 3.46. The summed E-state index contributed by atoms with van der Waals surface area (Å²) >= 11 is 0. The zero-order valence-corrected chi connectivity index (χ0v) is 11.5. The van der Waals surface area contributed by atoms with E-state index in [1.54, 1.807) is 0 Å². The molecule has 1 atom stereocenters. The number of nitrogens with zero attached hydrogens (tertiary/aromatic N) is 2. The lowest BCUT2D eigenvalue weighted by molar-refractivity contribution is -0.385. The summed E-state index contributed by atoms with van der Waals surface area (Å²) in [5, 5.41) is 10.7. The van der Waals surface area contributed by atoms with Gasteiger partial charge in [-0.1, -0.05) is 6.07 Å². The lowest BCUT2D eigenvalue weighted by Crippen LogP contribution is -2.48. The van der Waals surface area contributed by atoms with Crippen molar-refractivity contribution in [2.45, 2.75) is 11.0 Å². The highest BCUT2D eigenvalue weighted by molar-refractivity contribution is 7.89. The van der Waals surface area contributed by atoms with Crippen molar-refractivity contribution < 1.29 is 18.1 Å². The molecule has 1 aromatic carbocycles. The Kier molecular flexibility index (Phi) is 4.33. The fourth-order valence-electron chi connectivity index (χ4n) is 1.96. The van der Waals surface area contributed by atoms with Crippen LogP contribution in [-0.4, -0.2) is 50.0 Å². The smallest absolute Gasteiger partial charge is 0.270 e. The van der Waals surface area contributed by atoms with Gasteiger partial charge in [0.05, 0.1) is 22.5 Å². The summed E-state index contributed by atoms with van der Waals surface area (Å²) in [5.41, 5.74) is 5.22. The van der Waals surface area contributed by atoms with Gasteiger partial charge in [0.15, 0.2) is 0 Å². The molecular formula is C11H15N3O5S. The molecule has 1 aliphatic heterocycles. The minimum atomic E-state index is -3.77. The number of sulfonamides is 1. The van der Waals surface area contributed by atoms with Crippen LogP contribution in [0, 0.1) is 10.1 Å². The van der Waals surface area contributed by atoms with Gasteiger partial charge in [-0.3, -0.25) is 10.1 Å². The Morgan fingerprint density at radius 3 is 2.90 bits per heavy atom. The van der Waals surface area contributed by atoms with E-state index < -0.39 is 14.9 Å². The Bertz CT molecular complexity index is 604. The molecule has 2 N–H and O–H groups in total. The number of nitro benzene ring substituents is 1. The highest BCUT2D eigenvalue weighted by Crippen LogP contribution is 2.22. The Balaban J connectivity index is 2.30. The molecule has 110 valence electrons. The standard InChI is InChI=1S/C11H15N3O5S/c12-7-10-8-13(4-5-19-10)20(17,18)11-3-1-2-9(6-11)14(15)16/h1-3,6,10H,4-5,7-8,12H2. The topological polar surface area (TPSA) is 116 Å². The van der Waals surface area contributed by atoms with E-state index in [0.29, 0.717) is 0 Å². The van der Waals surface area contributed by atoms with Gasteiger partial charge >= 0.3 is 0 Å². The number of ether oxygens (including phenoxy) is 1. The summed E-state index contributed by atoms with van der Waals surface area (Å²) in [4.78, 5) is 10.00. The van der Waals surface area contributed by atoms with Gasteiger partial charge in [0.25, 0.3) is 5.69 Å². The number of rotatable bonds is 4. The van der Waals surface area contributed by atoms with Gasteiger partial charge in [-0.2, -0.15) is 4.31 Å². The Hall–Kier alpha value is -1.55. The summed E-state index contributed by atoms with van der Waals surface area (Å²) in [6.45, 7) is 0.847. The van der Waals surface area contributed by atoms with E-state index in [9.17, 15) is 18.5 Å². The van der Waals surface area contributed by atoms with E-state index >= 15 is 0 Å². The molecule has 20 heavy (non-hydrogen) atoms. The van der Waals surface area contributed by atoms with Gasteiger partial charge < -0.3 is 10.5 Å². The van der Waals surface area contributed by atoms with Gasteiger partial charge in [-0.25, -0.2) is 8.42 Å². The molecule has 0 bridgehead atoms. The van der Waals surface area contributed by atoms with E-state index in [1.165, 1.54) is 22.5 Å². The molecule has 9 heteroatoms. The second kappa shape index (κ2) is 5.83. The zero-order valence-electron chi connectivity index (χ0n) is 10.6. The second-order valence-corrected chi connectivity index (χ2v) is 6.28. The molecule has 8 nitrogen and oxygen atoms in total. The summed E-state index contributed by atoms with van der Waals surface area (Å²) < 4.78 is 31.4. The van der Waals surface area contributed by atoms with Gasteiger partial charge in [-0.05, 0) is 6.07 Å². The largest absolute Gasteiger partial charge is 0.374 e. The van der Waals surface area contributed by atoms with Crippen LogP contribution in [0.1, 0.15) is 0 Å². The highest BCUT2D eigenvalue weighted by Gasteiger charge is 2.31. The highest BCUT2D eigenvalue weighted by atomic mass is 32.2. The number of non-ortho nitro benzene ring substituents is 1. The normalized spacial score (nSPS) is 20.8. The first-order chi connectivity index (χ1) is 9.45. The number of nitrogens with two attached hydrogens (primary N) is 1. The molecule has 1 saturated heterocycles. The maximum absolute atomic E-state index is 12.4. The van der Waals surface area contributed by atoms with E-state index in [2.05, 4.69) is 0 Å². The molecular weight excluding hydrogens is 286 g/mol. The molecule has 0 spiro atoms. The SMILES string of the molecule is NCC1CN(S(=O)(=O)c2cccc([N+](=O)[O-])c2)CCO1. The van der Waals surface area contributed by atoms with Crippen molar-refractivity contribution >= 4 is 15.7 Å². The second-order valence-electron chi connectivity index (χ2n) is 4.35. The van der Waals surface area contributed by atoms with Crippen molar-refractivity contribution in [1.82, 2.24) is 4.31 Å². The Morgan fingerprint density at radius 2 is 2.25 bits per heavy atom. The molecule has 1 aromatic rings. The molecule has 2 rings (SSSR count). The van der Waals surface area contributed by atoms with E-state index in [0.717, 1.165) is 6.07 Å². The Labute approximate surface area is 116 Å². The first-order valence-corrected chi connectivity index (χ1v) is 7.45. The quantitative estimate of drug-likeness (QED) is 0.615. The molecule has 0 radical (unpaired) electrons. The van der Waals surface area contributed by atoms with Crippen LogP contribution in [0.15, 0.2) is 29.2 Å². The van der Waals surface area contributed by atoms with Crippen molar-refractivity contribution in [3.8, 4) is 0 Å². The van der Waals surface area contributed by atoms with Gasteiger partial charge in [-0.15, -0.1) is 0 Å². The van der Waals surface area contributed by atoms with Gasteiger partial charge in [0.1, 0.15) is 0 Å². The summed E-state index contributed by atoms with van der Waals surface area (Å²) in [7, 11) is -3.77. The molecule has 1 aliphatic rings. The first kappa shape index (κ1) is 14.9. The van der Waals surface area contributed by atoms with Crippen LogP contribution >= 0.6 is 0 Å². The summed E-state index contributed by atoms with van der Waals surface area (Å²) in [6, 6.07) is 5.00. The van der Waals surface area contributed by atoms with Crippen LogP contribution in [0.4, 0.5) is 5.69 Å². The van der Waals surface area contributed by atoms with Crippen molar-refractivity contribution in [3.05, 3.63) is 34.4 Å². The first-order valence-electron chi connectivity index (χ1n) is 6.01. The predicted octanol–water partition coefficient (Wildman–Crippen LogP) is -0.0570. The number of morpholine rings is 1. The third-order valence-corrected chi connectivity index (χ3v) is 4.89. The molecule has 0 aromatic heterocycles. The van der Waals surface area contributed by atoms with E-state index in [4.69, 9.17) is 10.5 Å². The van der Waals surface area contributed by atoms with E-state index in [1.807, 2.05) is 0 Å². The monoisotopic (exact) mass is 301 g/mol. The number of nitro groups is 1. The third kappa shape index (κ3) is 2.96. The molecule has 1 heterocycles. The number of hydrogen-bond acceptors (Lipinski definition) is 6. The zero-order chi connectivity index (χ0) is 14.8. The van der Waals surface area contributed by atoms with Crippen LogP contribution in [0.25, 0.3) is 0 Å². The summed E-state index contributed by atoms with van der Waals surface area (Å²) in [5.74, 6) is 0. The maximum Gasteiger partial charge on any atom is 0.270 e. The summed E-state index contributed by atoms with van der Waals surface area (Å²) in [6.07, 6.45) is -0.350. The van der Waals surface area contributed by atoms with Gasteiger partial charge in [0, 0.05) is 31.8 Å². The van der Waals surface area contributed by atoms with Crippen LogP contribution in [-0.2, 0) is 14.8 Å². The predicted molar refractivity (Wildman–Crippen MR) is 70.6 cm³/mol. The minimum absolute atomic E-state index is 0.0932. The lowest BCUT2D eigenvalue weighted by Gasteiger charge is -2.31. The van der Waals surface area contributed by atoms with Crippen molar-refractivity contribution in [3.63, 3.8) is 0 Å². The molecule has 0 saturated carbocycles. The van der Waals surface area contributed by atoms with Crippen molar-refractivity contribution in [2.75, 3.05) is 26.2 Å². The average molecular weight is 301 g/mol. The van der Waals surface area contributed by atoms with Crippen LogP contribution in [0.2, 0.25) is 0 Å². The lowest BCUT2D eigenvalue weighted by atomic mass is 10.3. The van der Waals surface area contributed by atoms with Gasteiger partial charge in [0.2, 0.25) is 10.0 Å².